The van der Waals surface area contributed by atoms with Crippen LogP contribution in [0.15, 0.2) is 0 Å². The molecule has 0 heterocycles. The Morgan fingerprint density at radius 3 is 1.47 bits per heavy atom. The highest BCUT2D eigenvalue weighted by Crippen LogP contribution is 2.41. The third-order valence-corrected chi connectivity index (χ3v) is 4.44. The highest BCUT2D eigenvalue weighted by molar-refractivity contribution is 8.19. The molecule has 0 saturated heterocycles. The van der Waals surface area contributed by atoms with Crippen molar-refractivity contribution in [1.29, 1.82) is 0 Å². The van der Waals surface area contributed by atoms with E-state index in [4.69, 9.17) is 10.2 Å². The number of carboxylic acids is 2. The molecule has 88 valence electrons. The molecule has 2 N–H and O–H groups in total. The van der Waals surface area contributed by atoms with Gasteiger partial charge in [-0.2, -0.15) is 0 Å². The van der Waals surface area contributed by atoms with E-state index >= 15 is 0 Å². The van der Waals surface area contributed by atoms with Crippen molar-refractivity contribution < 1.29 is 19.8 Å². The molecular formula is C9H16O4S2. The summed E-state index contributed by atoms with van der Waals surface area (Å²) in [7, 11) is 0. The fourth-order valence-corrected chi connectivity index (χ4v) is 3.97. The smallest absolute Gasteiger partial charge is 0.316 e. The molecule has 2 atom stereocenters. The lowest BCUT2D eigenvalue weighted by Crippen LogP contribution is -2.25. The summed E-state index contributed by atoms with van der Waals surface area (Å²) in [6.07, 6.45) is 0. The zero-order valence-corrected chi connectivity index (χ0v) is 10.8. The molecular weight excluding hydrogens is 236 g/mol. The fraction of sp³-hybridized carbons (Fsp3) is 0.778. The molecule has 6 heteroatoms. The zero-order chi connectivity index (χ0) is 12.2. The van der Waals surface area contributed by atoms with Gasteiger partial charge in [0.05, 0.1) is 4.08 Å². The molecule has 0 aliphatic rings. The molecule has 4 nitrogen and oxygen atoms in total. The van der Waals surface area contributed by atoms with E-state index in [1.807, 2.05) is 13.8 Å². The van der Waals surface area contributed by atoms with Gasteiger partial charge in [0.2, 0.25) is 0 Å². The van der Waals surface area contributed by atoms with E-state index in [1.165, 1.54) is 23.5 Å². The van der Waals surface area contributed by atoms with E-state index in [-0.39, 0.29) is 0 Å². The molecule has 0 rings (SSSR count). The summed E-state index contributed by atoms with van der Waals surface area (Å²) in [4.78, 5) is 21.3. The SMILES string of the molecule is CC(SC(C)(C)SC(C)C(=O)O)C(=O)O. The molecule has 0 aliphatic carbocycles. The maximum atomic E-state index is 10.7. The first-order valence-corrected chi connectivity index (χ1v) is 6.23. The quantitative estimate of drug-likeness (QED) is 0.705. The lowest BCUT2D eigenvalue weighted by molar-refractivity contribution is -0.137. The van der Waals surface area contributed by atoms with Gasteiger partial charge in [0.25, 0.3) is 0 Å². The molecule has 0 aromatic heterocycles. The molecule has 0 fully saturated rings. The minimum atomic E-state index is -0.878. The van der Waals surface area contributed by atoms with Crippen molar-refractivity contribution >= 4 is 35.5 Å². The van der Waals surface area contributed by atoms with Gasteiger partial charge in [0.15, 0.2) is 0 Å². The van der Waals surface area contributed by atoms with Crippen molar-refractivity contribution in [3.05, 3.63) is 0 Å². The van der Waals surface area contributed by atoms with Gasteiger partial charge in [-0.25, -0.2) is 0 Å². The highest BCUT2D eigenvalue weighted by Gasteiger charge is 2.29. The van der Waals surface area contributed by atoms with Gasteiger partial charge in [0, 0.05) is 0 Å². The number of hydrogen-bond donors (Lipinski definition) is 2. The van der Waals surface area contributed by atoms with E-state index < -0.39 is 26.5 Å². The van der Waals surface area contributed by atoms with Crippen LogP contribution in [0, 0.1) is 0 Å². The van der Waals surface area contributed by atoms with E-state index in [0.29, 0.717) is 0 Å². The second-order valence-electron chi connectivity index (χ2n) is 3.60. The Morgan fingerprint density at radius 2 is 1.27 bits per heavy atom. The molecule has 0 saturated carbocycles. The van der Waals surface area contributed by atoms with E-state index in [9.17, 15) is 9.59 Å². The largest absolute Gasteiger partial charge is 0.480 e. The average molecular weight is 252 g/mol. The average Bonchev–Trinajstić information content (AvgIpc) is 2.01. The van der Waals surface area contributed by atoms with Crippen LogP contribution in [0.3, 0.4) is 0 Å². The lowest BCUT2D eigenvalue weighted by Gasteiger charge is -2.27. The van der Waals surface area contributed by atoms with E-state index in [1.54, 1.807) is 13.8 Å². The van der Waals surface area contributed by atoms with E-state index in [2.05, 4.69) is 0 Å². The van der Waals surface area contributed by atoms with Gasteiger partial charge in [-0.3, -0.25) is 9.59 Å². The van der Waals surface area contributed by atoms with Gasteiger partial charge < -0.3 is 10.2 Å². The van der Waals surface area contributed by atoms with Crippen LogP contribution >= 0.6 is 23.5 Å². The van der Waals surface area contributed by atoms with Crippen molar-refractivity contribution in [2.24, 2.45) is 0 Å². The molecule has 15 heavy (non-hydrogen) atoms. The summed E-state index contributed by atoms with van der Waals surface area (Å²) in [5.74, 6) is -1.76. The van der Waals surface area contributed by atoms with Gasteiger partial charge in [-0.15, -0.1) is 23.5 Å². The Labute approximate surface area is 97.8 Å². The Bertz CT molecular complexity index is 228. The minimum absolute atomic E-state index is 0.421. The standard InChI is InChI=1S/C9H16O4S2/c1-5(7(10)11)14-9(3,4)15-6(2)8(12)13/h5-6H,1-4H3,(H,10,11)(H,12,13). The Kier molecular flexibility index (Phi) is 5.51. The summed E-state index contributed by atoms with van der Waals surface area (Å²) in [5, 5.41) is 16.4. The summed E-state index contributed by atoms with van der Waals surface area (Å²) < 4.78 is -0.421. The number of carboxylic acid groups (broad SMARTS) is 2. The van der Waals surface area contributed by atoms with Crippen molar-refractivity contribution in [3.63, 3.8) is 0 Å². The van der Waals surface area contributed by atoms with Crippen molar-refractivity contribution in [3.8, 4) is 0 Å². The summed E-state index contributed by atoms with van der Waals surface area (Å²) in [5.41, 5.74) is 0. The van der Waals surface area contributed by atoms with Crippen molar-refractivity contribution in [2.45, 2.75) is 42.3 Å². The Hall–Kier alpha value is -0.360. The van der Waals surface area contributed by atoms with Gasteiger partial charge in [-0.05, 0) is 27.7 Å². The molecule has 0 aliphatic heterocycles. The zero-order valence-electron chi connectivity index (χ0n) is 9.18. The molecule has 0 aromatic rings. The van der Waals surface area contributed by atoms with Crippen LogP contribution in [0.5, 0.6) is 0 Å². The number of aliphatic carboxylic acids is 2. The van der Waals surface area contributed by atoms with E-state index in [0.717, 1.165) is 0 Å². The first-order valence-electron chi connectivity index (χ1n) is 4.47. The predicted octanol–water partition coefficient (Wildman–Crippen LogP) is 2.14. The van der Waals surface area contributed by atoms with Crippen LogP contribution in [0.1, 0.15) is 27.7 Å². The molecule has 0 aromatic carbocycles. The third kappa shape index (κ3) is 5.94. The number of thioether (sulfide) groups is 2. The second kappa shape index (κ2) is 5.65. The van der Waals surface area contributed by atoms with Crippen LogP contribution in [0.2, 0.25) is 0 Å². The van der Waals surface area contributed by atoms with Crippen LogP contribution in [0.4, 0.5) is 0 Å². The number of hydrogen-bond acceptors (Lipinski definition) is 4. The Balaban J connectivity index is 4.30. The van der Waals surface area contributed by atoms with Crippen molar-refractivity contribution in [2.75, 3.05) is 0 Å². The first kappa shape index (κ1) is 14.6. The molecule has 0 radical (unpaired) electrons. The molecule has 0 spiro atoms. The summed E-state index contributed by atoms with van der Waals surface area (Å²) in [6.45, 7) is 6.86. The van der Waals surface area contributed by atoms with Gasteiger partial charge in [-0.1, -0.05) is 0 Å². The number of rotatable bonds is 6. The predicted molar refractivity (Wildman–Crippen MR) is 63.5 cm³/mol. The van der Waals surface area contributed by atoms with Crippen LogP contribution in [-0.2, 0) is 9.59 Å². The third-order valence-electron chi connectivity index (χ3n) is 1.62. The first-order chi connectivity index (χ1) is 6.65. The molecule has 0 bridgehead atoms. The van der Waals surface area contributed by atoms with Crippen LogP contribution < -0.4 is 0 Å². The van der Waals surface area contributed by atoms with Crippen LogP contribution in [0.25, 0.3) is 0 Å². The Morgan fingerprint density at radius 1 is 1.00 bits per heavy atom. The van der Waals surface area contributed by atoms with Crippen molar-refractivity contribution in [1.82, 2.24) is 0 Å². The van der Waals surface area contributed by atoms with Crippen LogP contribution in [-0.4, -0.2) is 36.7 Å². The maximum Gasteiger partial charge on any atom is 0.316 e. The second-order valence-corrected chi connectivity index (χ2v) is 7.78. The fourth-order valence-electron chi connectivity index (χ4n) is 0.980. The molecule has 0 amide bonds. The lowest BCUT2D eigenvalue weighted by atomic mass is 10.5. The van der Waals surface area contributed by atoms with Gasteiger partial charge >= 0.3 is 11.9 Å². The van der Waals surface area contributed by atoms with Gasteiger partial charge in [0.1, 0.15) is 10.5 Å². The number of carbonyl (C=O) groups is 2. The molecule has 2 unspecified atom stereocenters. The monoisotopic (exact) mass is 252 g/mol. The maximum absolute atomic E-state index is 10.7. The normalized spacial score (nSPS) is 15.7. The topological polar surface area (TPSA) is 74.6 Å². The summed E-state index contributed by atoms with van der Waals surface area (Å²) >= 11 is 2.51. The minimum Gasteiger partial charge on any atom is -0.480 e. The summed E-state index contributed by atoms with van der Waals surface area (Å²) in [6, 6.07) is 0. The highest BCUT2D eigenvalue weighted by atomic mass is 32.2.